The van der Waals surface area contributed by atoms with E-state index in [9.17, 15) is 0 Å². The van der Waals surface area contributed by atoms with Crippen LogP contribution in [0, 0.1) is 5.41 Å². The van der Waals surface area contributed by atoms with E-state index in [1.165, 1.54) is 32.1 Å². The minimum absolute atomic E-state index is 0.420. The fraction of sp³-hybridized carbons (Fsp3) is 0.889. The van der Waals surface area contributed by atoms with Crippen LogP contribution in [0.15, 0.2) is 4.99 Å². The maximum absolute atomic E-state index is 8.70. The predicted octanol–water partition coefficient (Wildman–Crippen LogP) is 1.72. The normalized spacial score (nSPS) is 27.2. The molecule has 1 fully saturated rings. The zero-order valence-electron chi connectivity index (χ0n) is 7.34. The summed E-state index contributed by atoms with van der Waals surface area (Å²) in [6, 6.07) is 0. The molecule has 12 heavy (non-hydrogen) atoms. The third kappa shape index (κ3) is 1.33. The Balaban J connectivity index is 1.97. The summed E-state index contributed by atoms with van der Waals surface area (Å²) in [5.74, 6) is 0.789. The highest BCUT2D eigenvalue weighted by Gasteiger charge is 2.36. The van der Waals surface area contributed by atoms with Crippen molar-refractivity contribution in [2.24, 2.45) is 10.4 Å². The molecule has 3 nitrogen and oxygen atoms in total. The van der Waals surface area contributed by atoms with Crippen LogP contribution in [0.5, 0.6) is 0 Å². The van der Waals surface area contributed by atoms with Crippen molar-refractivity contribution < 1.29 is 5.21 Å². The quantitative estimate of drug-likeness (QED) is 0.541. The first kappa shape index (κ1) is 8.05. The fourth-order valence-electron chi connectivity index (χ4n) is 2.44. The average Bonchev–Trinajstić information content (AvgIpc) is 2.50. The molecule has 0 saturated heterocycles. The molecule has 0 aromatic carbocycles. The van der Waals surface area contributed by atoms with Gasteiger partial charge in [-0.2, -0.15) is 0 Å². The van der Waals surface area contributed by atoms with Crippen LogP contribution in [0.1, 0.15) is 38.5 Å². The van der Waals surface area contributed by atoms with Gasteiger partial charge in [0.25, 0.3) is 0 Å². The lowest BCUT2D eigenvalue weighted by Gasteiger charge is -2.31. The zero-order valence-corrected chi connectivity index (χ0v) is 7.34. The summed E-state index contributed by atoms with van der Waals surface area (Å²) in [5.41, 5.74) is 2.61. The zero-order chi connectivity index (χ0) is 8.44. The SMILES string of the molecule is ONC1=NCC2(CCCCC2)C1. The smallest absolute Gasteiger partial charge is 0.121 e. The molecular weight excluding hydrogens is 152 g/mol. The second-order valence-electron chi connectivity index (χ2n) is 4.11. The molecule has 1 aliphatic carbocycles. The van der Waals surface area contributed by atoms with Gasteiger partial charge >= 0.3 is 0 Å². The van der Waals surface area contributed by atoms with Gasteiger partial charge in [0.2, 0.25) is 0 Å². The Morgan fingerprint density at radius 3 is 2.58 bits per heavy atom. The lowest BCUT2D eigenvalue weighted by atomic mass is 9.73. The van der Waals surface area contributed by atoms with E-state index < -0.39 is 0 Å². The molecule has 0 aromatic heterocycles. The summed E-state index contributed by atoms with van der Waals surface area (Å²) in [7, 11) is 0. The molecule has 1 spiro atoms. The molecule has 68 valence electrons. The first-order chi connectivity index (χ1) is 5.85. The van der Waals surface area contributed by atoms with Gasteiger partial charge in [0.15, 0.2) is 0 Å². The summed E-state index contributed by atoms with van der Waals surface area (Å²) in [4.78, 5) is 4.29. The maximum Gasteiger partial charge on any atom is 0.121 e. The number of amidine groups is 1. The van der Waals surface area contributed by atoms with E-state index in [-0.39, 0.29) is 0 Å². The van der Waals surface area contributed by atoms with E-state index in [4.69, 9.17) is 5.21 Å². The highest BCUT2D eigenvalue weighted by Crippen LogP contribution is 2.42. The van der Waals surface area contributed by atoms with Crippen LogP contribution in [0.25, 0.3) is 0 Å². The van der Waals surface area contributed by atoms with E-state index in [0.29, 0.717) is 5.41 Å². The molecule has 0 amide bonds. The second kappa shape index (κ2) is 3.05. The maximum atomic E-state index is 8.70. The molecule has 0 aromatic rings. The average molecular weight is 168 g/mol. The van der Waals surface area contributed by atoms with Crippen molar-refractivity contribution in [2.45, 2.75) is 38.5 Å². The Morgan fingerprint density at radius 1 is 1.25 bits per heavy atom. The van der Waals surface area contributed by atoms with Gasteiger partial charge in [-0.3, -0.25) is 15.7 Å². The van der Waals surface area contributed by atoms with E-state index in [2.05, 4.69) is 10.5 Å². The van der Waals surface area contributed by atoms with Crippen LogP contribution >= 0.6 is 0 Å². The first-order valence-electron chi connectivity index (χ1n) is 4.78. The molecule has 1 aliphatic heterocycles. The van der Waals surface area contributed by atoms with Gasteiger partial charge in [0.05, 0.1) is 0 Å². The van der Waals surface area contributed by atoms with Crippen molar-refractivity contribution >= 4 is 5.84 Å². The van der Waals surface area contributed by atoms with Crippen molar-refractivity contribution in [2.75, 3.05) is 6.54 Å². The Labute approximate surface area is 72.8 Å². The Bertz CT molecular complexity index is 195. The van der Waals surface area contributed by atoms with E-state index in [0.717, 1.165) is 18.8 Å². The molecule has 1 heterocycles. The molecule has 0 atom stereocenters. The molecule has 0 unspecified atom stereocenters. The van der Waals surface area contributed by atoms with Crippen LogP contribution in [-0.4, -0.2) is 17.6 Å². The third-order valence-corrected chi connectivity index (χ3v) is 3.19. The molecule has 0 bridgehead atoms. The molecule has 1 saturated carbocycles. The number of rotatable bonds is 0. The lowest BCUT2D eigenvalue weighted by Crippen LogP contribution is -2.28. The number of aliphatic imine (C=N–C) groups is 1. The molecule has 2 N–H and O–H groups in total. The van der Waals surface area contributed by atoms with Crippen molar-refractivity contribution in [3.05, 3.63) is 0 Å². The van der Waals surface area contributed by atoms with E-state index in [1.54, 1.807) is 0 Å². The second-order valence-corrected chi connectivity index (χ2v) is 4.11. The van der Waals surface area contributed by atoms with Crippen molar-refractivity contribution in [1.82, 2.24) is 5.48 Å². The van der Waals surface area contributed by atoms with Gasteiger partial charge in [0.1, 0.15) is 5.84 Å². The lowest BCUT2D eigenvalue weighted by molar-refractivity contribution is 0.206. The number of nitrogens with one attached hydrogen (secondary N) is 1. The molecule has 0 radical (unpaired) electrons. The topological polar surface area (TPSA) is 44.6 Å². The highest BCUT2D eigenvalue weighted by molar-refractivity contribution is 5.83. The number of hydroxylamine groups is 1. The number of hydrogen-bond acceptors (Lipinski definition) is 3. The summed E-state index contributed by atoms with van der Waals surface area (Å²) in [5, 5.41) is 8.70. The van der Waals surface area contributed by atoms with E-state index in [1.807, 2.05) is 0 Å². The largest absolute Gasteiger partial charge is 0.290 e. The number of nitrogens with zero attached hydrogens (tertiary/aromatic N) is 1. The van der Waals surface area contributed by atoms with Crippen molar-refractivity contribution in [3.63, 3.8) is 0 Å². The summed E-state index contributed by atoms with van der Waals surface area (Å²) in [6.45, 7) is 0.926. The van der Waals surface area contributed by atoms with Gasteiger partial charge in [-0.15, -0.1) is 0 Å². The standard InChI is InChI=1S/C9H16N2O/c12-11-8-6-9(7-10-8)4-2-1-3-5-9/h12H,1-7H2,(H,10,11). The van der Waals surface area contributed by atoms with Gasteiger partial charge in [0, 0.05) is 13.0 Å². The third-order valence-electron chi connectivity index (χ3n) is 3.19. The van der Waals surface area contributed by atoms with Crippen LogP contribution in [0.4, 0.5) is 0 Å². The predicted molar refractivity (Wildman–Crippen MR) is 47.4 cm³/mol. The first-order valence-corrected chi connectivity index (χ1v) is 4.78. The van der Waals surface area contributed by atoms with Crippen molar-refractivity contribution in [1.29, 1.82) is 0 Å². The molecular formula is C9H16N2O. The summed E-state index contributed by atoms with van der Waals surface area (Å²) < 4.78 is 0. The van der Waals surface area contributed by atoms with Crippen LogP contribution in [0.3, 0.4) is 0 Å². The van der Waals surface area contributed by atoms with Gasteiger partial charge in [-0.1, -0.05) is 19.3 Å². The Hall–Kier alpha value is -0.570. The Kier molecular flexibility index (Phi) is 2.05. The van der Waals surface area contributed by atoms with Crippen LogP contribution < -0.4 is 5.48 Å². The van der Waals surface area contributed by atoms with Crippen LogP contribution in [0.2, 0.25) is 0 Å². The number of hydrogen-bond donors (Lipinski definition) is 2. The Morgan fingerprint density at radius 2 is 2.00 bits per heavy atom. The molecule has 3 heteroatoms. The van der Waals surface area contributed by atoms with Gasteiger partial charge in [-0.05, 0) is 18.3 Å². The summed E-state index contributed by atoms with van der Waals surface area (Å²) in [6.07, 6.45) is 7.61. The summed E-state index contributed by atoms with van der Waals surface area (Å²) >= 11 is 0. The minimum Gasteiger partial charge on any atom is -0.290 e. The van der Waals surface area contributed by atoms with Crippen LogP contribution in [-0.2, 0) is 0 Å². The highest BCUT2D eigenvalue weighted by atomic mass is 16.5. The molecule has 2 aliphatic rings. The van der Waals surface area contributed by atoms with Gasteiger partial charge < -0.3 is 0 Å². The fourth-order valence-corrected chi connectivity index (χ4v) is 2.44. The minimum atomic E-state index is 0.420. The van der Waals surface area contributed by atoms with E-state index >= 15 is 0 Å². The molecule has 2 rings (SSSR count). The van der Waals surface area contributed by atoms with Gasteiger partial charge in [-0.25, -0.2) is 0 Å². The van der Waals surface area contributed by atoms with Crippen molar-refractivity contribution in [3.8, 4) is 0 Å². The monoisotopic (exact) mass is 168 g/mol.